The summed E-state index contributed by atoms with van der Waals surface area (Å²) < 4.78 is 8.16. The molecule has 8 heavy (non-hydrogen) atoms. The van der Waals surface area contributed by atoms with Gasteiger partial charge in [0.05, 0.1) is 0 Å². The van der Waals surface area contributed by atoms with E-state index in [4.69, 9.17) is 13.6 Å². The summed E-state index contributed by atoms with van der Waals surface area (Å²) in [4.78, 5) is 0. The Morgan fingerprint density at radius 3 is 3.12 bits per heavy atom. The van der Waals surface area contributed by atoms with E-state index in [1.165, 1.54) is 4.73 Å². The largest absolute Gasteiger partial charge is 0.428 e. The van der Waals surface area contributed by atoms with E-state index in [1.807, 2.05) is 0 Å². The van der Waals surface area contributed by atoms with Crippen molar-refractivity contribution in [3.63, 3.8) is 0 Å². The molecule has 0 radical (unpaired) electrons. The van der Waals surface area contributed by atoms with Crippen molar-refractivity contribution in [1.82, 2.24) is 4.73 Å². The monoisotopic (exact) mass is 128 g/mol. The first-order valence-electron chi connectivity index (χ1n) is 2.57. The molecular weight excluding hydrogens is 122 g/mol. The molecule has 1 rings (SSSR count). The van der Waals surface area contributed by atoms with Crippen LogP contribution in [0.25, 0.3) is 0 Å². The molecule has 0 aliphatic heterocycles. The van der Waals surface area contributed by atoms with Crippen LogP contribution in [0, 0.1) is 4.64 Å². The fraction of sp³-hybridized carbons (Fsp3) is 0. The maximum absolute atomic E-state index is 6.48. The molecule has 0 saturated heterocycles. The highest BCUT2D eigenvalue weighted by molar-refractivity contribution is 7.71. The molecule has 1 aromatic heterocycles. The lowest BCUT2D eigenvalue weighted by atomic mass is 10.5. The second kappa shape index (κ2) is 1.96. The quantitative estimate of drug-likeness (QED) is 0.457. The van der Waals surface area contributed by atoms with Crippen molar-refractivity contribution in [2.45, 2.75) is 0 Å². The Labute approximate surface area is 53.5 Å². The van der Waals surface area contributed by atoms with Crippen LogP contribution in [0.3, 0.4) is 0 Å². The number of aromatic nitrogens is 1. The van der Waals surface area contributed by atoms with Crippen molar-refractivity contribution >= 4 is 12.2 Å². The van der Waals surface area contributed by atoms with E-state index < -0.39 is 0 Å². The molecule has 0 aromatic carbocycles. The Bertz CT molecular complexity index is 247. The first kappa shape index (κ1) is 4.09. The molecule has 2 nitrogen and oxygen atoms in total. The van der Waals surface area contributed by atoms with E-state index in [0.29, 0.717) is 4.64 Å². The summed E-state index contributed by atoms with van der Waals surface area (Å²) in [7, 11) is 0. The topological polar surface area (TPSA) is 25.2 Å². The highest BCUT2D eigenvalue weighted by Crippen LogP contribution is 1.86. The molecule has 1 N–H and O–H groups in total. The van der Waals surface area contributed by atoms with Crippen molar-refractivity contribution in [3.8, 4) is 0 Å². The van der Waals surface area contributed by atoms with Gasteiger partial charge in [0.25, 0.3) is 0 Å². The smallest absolute Gasteiger partial charge is 0.327 e. The third-order valence-electron chi connectivity index (χ3n) is 0.789. The van der Waals surface area contributed by atoms with Crippen LogP contribution in [-0.2, 0) is 0 Å². The summed E-state index contributed by atoms with van der Waals surface area (Å²) in [6, 6.07) is 5.21. The lowest BCUT2D eigenvalue weighted by molar-refractivity contribution is 0.180. The highest BCUT2D eigenvalue weighted by Gasteiger charge is 1.77. The molecule has 0 aliphatic rings. The fourth-order valence-electron chi connectivity index (χ4n) is 0.413. The number of nitrogens with zero attached hydrogens (tertiary/aromatic N) is 1. The second-order valence-corrected chi connectivity index (χ2v) is 1.78. The van der Waals surface area contributed by atoms with Crippen LogP contribution in [0.15, 0.2) is 24.4 Å². The van der Waals surface area contributed by atoms with Gasteiger partial charge in [0.15, 0.2) is 0 Å². The van der Waals surface area contributed by atoms with Crippen LogP contribution in [-0.4, -0.2) is 9.94 Å². The maximum atomic E-state index is 6.48. The van der Waals surface area contributed by atoms with Crippen molar-refractivity contribution < 1.29 is 6.64 Å². The molecule has 3 heteroatoms. The molecule has 0 saturated carbocycles. The van der Waals surface area contributed by atoms with E-state index in [9.17, 15) is 0 Å². The van der Waals surface area contributed by atoms with E-state index in [2.05, 4.69) is 5.21 Å². The van der Waals surface area contributed by atoms with Crippen LogP contribution >= 0.6 is 12.2 Å². The number of rotatable bonds is 1. The average molecular weight is 128 g/mol. The summed E-state index contributed by atoms with van der Waals surface area (Å²) in [6.45, 7) is 0. The summed E-state index contributed by atoms with van der Waals surface area (Å²) in [5, 5.41) is 4.11. The van der Waals surface area contributed by atoms with Crippen LogP contribution < -0.4 is 0 Å². The molecule has 0 bridgehead atoms. The van der Waals surface area contributed by atoms with Gasteiger partial charge in [-0.25, -0.2) is 0 Å². The molecular formula is C5H5NOS. The lowest BCUT2D eigenvalue weighted by Gasteiger charge is -1.90. The number of hydrogen-bond donors (Lipinski definition) is 1. The van der Waals surface area contributed by atoms with Crippen molar-refractivity contribution in [2.75, 3.05) is 0 Å². The summed E-state index contributed by atoms with van der Waals surface area (Å²) in [6.07, 6.45) is 1.58. The fourth-order valence-corrected chi connectivity index (χ4v) is 0.552. The van der Waals surface area contributed by atoms with Gasteiger partial charge in [-0.05, 0) is 12.1 Å². The predicted octanol–water partition coefficient (Wildman–Crippen LogP) is 1.45. The molecule has 0 unspecified atom stereocenters. The molecule has 1 heterocycles. The van der Waals surface area contributed by atoms with E-state index >= 15 is 0 Å². The minimum atomic E-state index is 0.493. The van der Waals surface area contributed by atoms with Gasteiger partial charge in [0.1, 0.15) is 4.64 Å². The minimum Gasteiger partial charge on any atom is -0.428 e. The number of hydrogen-bond acceptors (Lipinski definition) is 2. The molecule has 42 valence electrons. The van der Waals surface area contributed by atoms with Gasteiger partial charge in [-0.3, -0.25) is 0 Å². The summed E-state index contributed by atoms with van der Waals surface area (Å²) in [5.41, 5.74) is 0. The van der Waals surface area contributed by atoms with Gasteiger partial charge >= 0.3 is 1.43 Å². The second-order valence-electron chi connectivity index (χ2n) is 1.36. The third kappa shape index (κ3) is 0.869. The zero-order valence-corrected chi connectivity index (χ0v) is 4.89. The third-order valence-corrected chi connectivity index (χ3v) is 1.10. The Balaban J connectivity index is 3.16. The molecule has 0 spiro atoms. The van der Waals surface area contributed by atoms with Gasteiger partial charge in [0, 0.05) is 6.20 Å². The Hall–Kier alpha value is -0.830. The van der Waals surface area contributed by atoms with E-state index in [-0.39, 0.29) is 0 Å². The zero-order chi connectivity index (χ0) is 6.69. The SMILES string of the molecule is [2H]O[14n]1ccccc1=[32S]. The lowest BCUT2D eigenvalue weighted by Crippen LogP contribution is -1.89. The summed E-state index contributed by atoms with van der Waals surface area (Å²) >= 11 is 4.77. The predicted molar refractivity (Wildman–Crippen MR) is 32.5 cm³/mol. The zero-order valence-electron chi connectivity index (χ0n) is 5.07. The first-order valence-corrected chi connectivity index (χ1v) is 2.57. The molecule has 0 aliphatic carbocycles. The van der Waals surface area contributed by atoms with Gasteiger partial charge in [-0.1, -0.05) is 18.3 Å². The molecule has 0 amide bonds. The average Bonchev–Trinajstić information content (AvgIpc) is 1.89. The van der Waals surface area contributed by atoms with Crippen molar-refractivity contribution in [2.24, 2.45) is 0 Å². The normalized spacial score (nSPS) is 10.2. The summed E-state index contributed by atoms with van der Waals surface area (Å²) in [5.74, 6) is 0. The van der Waals surface area contributed by atoms with E-state index in [1.54, 1.807) is 24.4 Å². The number of pyridine rings is 1. The van der Waals surface area contributed by atoms with Gasteiger partial charge in [-0.15, -0.1) is 0 Å². The Morgan fingerprint density at radius 2 is 2.62 bits per heavy atom. The Kier molecular flexibility index (Phi) is 1.00. The first-order chi connectivity index (χ1) is 4.34. The molecule has 0 fully saturated rings. The van der Waals surface area contributed by atoms with Crippen LogP contribution in [0.5, 0.6) is 0 Å². The standard InChI is InChI=1S/C5H5NOS/c7-6-4-2-1-3-5(6)8/h1-4,7H/i6+0,7D,8+0. The van der Waals surface area contributed by atoms with Gasteiger partial charge in [-0.2, -0.15) is 4.73 Å². The van der Waals surface area contributed by atoms with Crippen LogP contribution in [0.1, 0.15) is 0 Å². The highest BCUT2D eigenvalue weighted by atomic mass is 32.0. The van der Waals surface area contributed by atoms with Crippen molar-refractivity contribution in [3.05, 3.63) is 29.0 Å². The minimum absolute atomic E-state index is 0.493. The molecule has 0 atom stereocenters. The van der Waals surface area contributed by atoms with Gasteiger partial charge < -0.3 is 5.21 Å². The van der Waals surface area contributed by atoms with Crippen LogP contribution in [0.2, 0.25) is 1.43 Å². The van der Waals surface area contributed by atoms with Crippen molar-refractivity contribution in [1.29, 1.82) is 0 Å². The van der Waals surface area contributed by atoms with Crippen LogP contribution in [0.4, 0.5) is 0 Å². The Morgan fingerprint density at radius 1 is 1.75 bits per heavy atom. The van der Waals surface area contributed by atoms with E-state index in [0.717, 1.165) is 0 Å². The maximum Gasteiger partial charge on any atom is 0.327 e. The van der Waals surface area contributed by atoms with Gasteiger partial charge in [0.2, 0.25) is 0 Å². The molecule has 1 aromatic rings.